The molecular weight excluding hydrogens is 89.8 g/mol. The predicted molar refractivity (Wildman–Crippen MR) is 22.6 cm³/mol. The average Bonchev–Trinajstić information content (AvgIpc) is 1.41. The van der Waals surface area contributed by atoms with Gasteiger partial charge in [0.25, 0.3) is 0 Å². The summed E-state index contributed by atoms with van der Waals surface area (Å²) in [6.07, 6.45) is 0. The largest absolute Gasteiger partial charge is 1.00 e. The molecule has 4 heteroatoms. The minimum absolute atomic E-state index is 0. The van der Waals surface area contributed by atoms with Gasteiger partial charge < -0.3 is 9.31 Å². The van der Waals surface area contributed by atoms with Crippen molar-refractivity contribution in [2.45, 2.75) is 0 Å². The van der Waals surface area contributed by atoms with Crippen molar-refractivity contribution in [3.8, 4) is 0 Å². The standard InChI is InChI=1S/C2H8BO2.Na/c1-4-3-5-2;/h3H2,1-2H3;/q-1;+1. The van der Waals surface area contributed by atoms with Crippen molar-refractivity contribution in [2.75, 3.05) is 14.2 Å². The third kappa shape index (κ3) is 8.88. The monoisotopic (exact) mass is 98.1 g/mol. The van der Waals surface area contributed by atoms with E-state index < -0.39 is 7.69 Å². The number of rotatable bonds is 2. The Bertz CT molecular complexity index is 19.0. The zero-order valence-electron chi connectivity index (χ0n) is 4.82. The molecule has 2 nitrogen and oxygen atoms in total. The summed E-state index contributed by atoms with van der Waals surface area (Å²) in [6, 6.07) is 0. The molecule has 0 radical (unpaired) electrons. The molecule has 0 aliphatic carbocycles. The van der Waals surface area contributed by atoms with Crippen LogP contribution in [-0.4, -0.2) is 21.9 Å². The molecule has 0 aliphatic heterocycles. The molecule has 0 aromatic heterocycles. The first-order chi connectivity index (χ1) is 2.41. The topological polar surface area (TPSA) is 18.5 Å². The van der Waals surface area contributed by atoms with Crippen molar-refractivity contribution in [1.29, 1.82) is 0 Å². The van der Waals surface area contributed by atoms with Gasteiger partial charge in [0.05, 0.1) is 0 Å². The molecular formula is C2H8BNaO2. The Morgan fingerprint density at radius 2 is 1.50 bits per heavy atom. The molecule has 0 spiro atoms. The molecule has 0 saturated carbocycles. The number of hydrogen-bond donors (Lipinski definition) is 0. The smallest absolute Gasteiger partial charge is 0.575 e. The van der Waals surface area contributed by atoms with Gasteiger partial charge in [-0.2, -0.15) is 0 Å². The molecule has 0 heterocycles. The molecule has 0 aromatic rings. The number of hydrogen-bond acceptors (Lipinski definition) is 2. The Morgan fingerprint density at radius 1 is 1.17 bits per heavy atom. The van der Waals surface area contributed by atoms with Crippen LogP contribution in [0.2, 0.25) is 0 Å². The van der Waals surface area contributed by atoms with E-state index in [1.54, 1.807) is 14.2 Å². The molecule has 32 valence electrons. The van der Waals surface area contributed by atoms with Gasteiger partial charge in [0.2, 0.25) is 7.69 Å². The molecule has 0 bridgehead atoms. The predicted octanol–water partition coefficient (Wildman–Crippen LogP) is -3.72. The summed E-state index contributed by atoms with van der Waals surface area (Å²) in [4.78, 5) is 0. The molecule has 0 aliphatic rings. The zero-order valence-corrected chi connectivity index (χ0v) is 6.82. The fourth-order valence-corrected chi connectivity index (χ4v) is 0.167. The van der Waals surface area contributed by atoms with E-state index in [0.717, 1.165) is 0 Å². The zero-order chi connectivity index (χ0) is 4.12. The molecule has 0 rings (SSSR count). The van der Waals surface area contributed by atoms with Gasteiger partial charge in [-0.25, -0.2) is 0 Å². The molecule has 0 amide bonds. The van der Waals surface area contributed by atoms with Crippen LogP contribution in [0.4, 0.5) is 0 Å². The summed E-state index contributed by atoms with van der Waals surface area (Å²) in [7, 11) is 2.81. The van der Waals surface area contributed by atoms with E-state index >= 15 is 0 Å². The first kappa shape index (κ1) is 10.1. The second-order valence-electron chi connectivity index (χ2n) is 0.983. The van der Waals surface area contributed by atoms with Crippen LogP contribution in [0.3, 0.4) is 0 Å². The Balaban J connectivity index is 0. The van der Waals surface area contributed by atoms with Crippen LogP contribution in [-0.2, 0) is 9.31 Å². The van der Waals surface area contributed by atoms with Gasteiger partial charge in [0.1, 0.15) is 0 Å². The molecule has 0 unspecified atom stereocenters. The van der Waals surface area contributed by atoms with Crippen molar-refractivity contribution in [3.05, 3.63) is 0 Å². The van der Waals surface area contributed by atoms with Crippen LogP contribution in [0, 0.1) is 0 Å². The van der Waals surface area contributed by atoms with Gasteiger partial charge in [0.15, 0.2) is 0 Å². The SMILES string of the molecule is CO[BH2-]OC.[Na+]. The van der Waals surface area contributed by atoms with Crippen molar-refractivity contribution in [1.82, 2.24) is 0 Å². The Kier molecular flexibility index (Phi) is 15.7. The second kappa shape index (κ2) is 9.37. The Labute approximate surface area is 60.8 Å². The van der Waals surface area contributed by atoms with E-state index in [0.29, 0.717) is 0 Å². The van der Waals surface area contributed by atoms with Gasteiger partial charge in [-0.3, -0.25) is 0 Å². The van der Waals surface area contributed by atoms with Gasteiger partial charge in [-0.15, -0.1) is 0 Å². The van der Waals surface area contributed by atoms with Crippen LogP contribution in [0.25, 0.3) is 0 Å². The summed E-state index contributed by atoms with van der Waals surface area (Å²) in [5.74, 6) is 0. The summed E-state index contributed by atoms with van der Waals surface area (Å²) in [5.41, 5.74) is 0. The van der Waals surface area contributed by atoms with E-state index in [-0.39, 0.29) is 29.6 Å². The van der Waals surface area contributed by atoms with Gasteiger partial charge >= 0.3 is 29.6 Å². The quantitative estimate of drug-likeness (QED) is 0.331. The summed E-state index contributed by atoms with van der Waals surface area (Å²) < 4.78 is 9.19. The van der Waals surface area contributed by atoms with Crippen molar-refractivity contribution < 1.29 is 38.9 Å². The molecule has 0 saturated heterocycles. The fourth-order valence-electron chi connectivity index (χ4n) is 0.167. The van der Waals surface area contributed by atoms with Crippen LogP contribution >= 0.6 is 0 Å². The fraction of sp³-hybridized carbons (Fsp3) is 1.00. The summed E-state index contributed by atoms with van der Waals surface area (Å²) in [6.45, 7) is 0. The van der Waals surface area contributed by atoms with E-state index in [9.17, 15) is 0 Å². The Hall–Kier alpha value is 0.985. The molecule has 0 aromatic carbocycles. The maximum absolute atomic E-state index is 4.59. The van der Waals surface area contributed by atoms with E-state index in [2.05, 4.69) is 9.31 Å². The van der Waals surface area contributed by atoms with Crippen LogP contribution in [0.15, 0.2) is 0 Å². The molecule has 0 fully saturated rings. The van der Waals surface area contributed by atoms with Crippen molar-refractivity contribution in [2.24, 2.45) is 0 Å². The Morgan fingerprint density at radius 3 is 1.50 bits per heavy atom. The van der Waals surface area contributed by atoms with Crippen LogP contribution < -0.4 is 29.6 Å². The van der Waals surface area contributed by atoms with Gasteiger partial charge in [-0.05, 0) is 14.2 Å². The van der Waals surface area contributed by atoms with Gasteiger partial charge in [0, 0.05) is 0 Å². The van der Waals surface area contributed by atoms with Gasteiger partial charge in [-0.1, -0.05) is 0 Å². The molecule has 0 N–H and O–H groups in total. The molecule has 0 atom stereocenters. The summed E-state index contributed by atoms with van der Waals surface area (Å²) in [5, 5.41) is 0. The normalized spacial score (nSPS) is 7.00. The minimum Gasteiger partial charge on any atom is -0.575 e. The van der Waals surface area contributed by atoms with Crippen molar-refractivity contribution >= 4 is 7.69 Å². The van der Waals surface area contributed by atoms with E-state index in [1.165, 1.54) is 0 Å². The average molecular weight is 97.9 g/mol. The van der Waals surface area contributed by atoms with Crippen LogP contribution in [0.5, 0.6) is 0 Å². The maximum Gasteiger partial charge on any atom is 1.00 e. The molecule has 6 heavy (non-hydrogen) atoms. The first-order valence-corrected chi connectivity index (χ1v) is 1.63. The van der Waals surface area contributed by atoms with Crippen molar-refractivity contribution in [3.63, 3.8) is 0 Å². The first-order valence-electron chi connectivity index (χ1n) is 1.63. The van der Waals surface area contributed by atoms with E-state index in [4.69, 9.17) is 0 Å². The van der Waals surface area contributed by atoms with Crippen LogP contribution in [0.1, 0.15) is 0 Å². The summed E-state index contributed by atoms with van der Waals surface area (Å²) >= 11 is 0. The minimum atomic E-state index is -0.472. The van der Waals surface area contributed by atoms with E-state index in [1.807, 2.05) is 0 Å². The maximum atomic E-state index is 4.59. The third-order valence-corrected chi connectivity index (χ3v) is 0.333. The second-order valence-corrected chi connectivity index (χ2v) is 0.983. The third-order valence-electron chi connectivity index (χ3n) is 0.333.